The van der Waals surface area contributed by atoms with E-state index in [1.165, 1.54) is 12.1 Å². The fraction of sp³-hybridized carbons (Fsp3) is 0.286. The summed E-state index contributed by atoms with van der Waals surface area (Å²) in [7, 11) is 0. The SMILES string of the molecule is CCOc1ccc(C(=O)NCC(=O)OCC(=O)NCCc2ccc(F)cc2)cc1. The monoisotopic (exact) mass is 402 g/mol. The van der Waals surface area contributed by atoms with Crippen LogP contribution in [0.25, 0.3) is 0 Å². The zero-order chi connectivity index (χ0) is 21.1. The third-order valence-electron chi connectivity index (χ3n) is 3.83. The molecule has 154 valence electrons. The lowest BCUT2D eigenvalue weighted by atomic mass is 10.1. The van der Waals surface area contributed by atoms with Gasteiger partial charge in [-0.15, -0.1) is 0 Å². The molecule has 0 heterocycles. The van der Waals surface area contributed by atoms with Crippen LogP contribution in [0.3, 0.4) is 0 Å². The van der Waals surface area contributed by atoms with Gasteiger partial charge in [-0.3, -0.25) is 14.4 Å². The number of ether oxygens (including phenoxy) is 2. The number of nitrogens with one attached hydrogen (secondary N) is 2. The molecule has 0 atom stereocenters. The molecule has 0 saturated heterocycles. The first kappa shape index (κ1) is 21.9. The van der Waals surface area contributed by atoms with Gasteiger partial charge in [0.25, 0.3) is 11.8 Å². The Kier molecular flexibility index (Phi) is 8.62. The summed E-state index contributed by atoms with van der Waals surface area (Å²) >= 11 is 0. The molecule has 29 heavy (non-hydrogen) atoms. The van der Waals surface area contributed by atoms with Gasteiger partial charge in [-0.05, 0) is 55.3 Å². The summed E-state index contributed by atoms with van der Waals surface area (Å²) in [5.41, 5.74) is 1.25. The van der Waals surface area contributed by atoms with Crippen LogP contribution in [0, 0.1) is 5.82 Å². The third-order valence-corrected chi connectivity index (χ3v) is 3.83. The van der Waals surface area contributed by atoms with Crippen LogP contribution >= 0.6 is 0 Å². The molecule has 2 N–H and O–H groups in total. The van der Waals surface area contributed by atoms with Crippen LogP contribution in [-0.2, 0) is 20.7 Å². The summed E-state index contributed by atoms with van der Waals surface area (Å²) in [5, 5.41) is 5.02. The van der Waals surface area contributed by atoms with E-state index in [-0.39, 0.29) is 12.4 Å². The van der Waals surface area contributed by atoms with Gasteiger partial charge in [0.05, 0.1) is 6.61 Å². The summed E-state index contributed by atoms with van der Waals surface area (Å²) in [6.07, 6.45) is 0.526. The molecule has 2 aromatic carbocycles. The molecule has 7 nitrogen and oxygen atoms in total. The van der Waals surface area contributed by atoms with E-state index in [2.05, 4.69) is 10.6 Å². The lowest BCUT2D eigenvalue weighted by molar-refractivity contribution is -0.147. The highest BCUT2D eigenvalue weighted by molar-refractivity contribution is 5.96. The first-order chi connectivity index (χ1) is 14.0. The zero-order valence-electron chi connectivity index (χ0n) is 16.1. The lowest BCUT2D eigenvalue weighted by Gasteiger charge is -2.08. The first-order valence-corrected chi connectivity index (χ1v) is 9.15. The molecule has 8 heteroatoms. The van der Waals surface area contributed by atoms with Crippen LogP contribution in [0.4, 0.5) is 4.39 Å². The van der Waals surface area contributed by atoms with Crippen LogP contribution in [0.2, 0.25) is 0 Å². The highest BCUT2D eigenvalue weighted by Crippen LogP contribution is 2.11. The molecular formula is C21H23FN2O5. The molecule has 2 aromatic rings. The van der Waals surface area contributed by atoms with Gasteiger partial charge < -0.3 is 20.1 Å². The minimum atomic E-state index is -0.724. The number of esters is 1. The van der Waals surface area contributed by atoms with Gasteiger partial charge in [0, 0.05) is 12.1 Å². The molecule has 0 aliphatic rings. The van der Waals surface area contributed by atoms with Crippen molar-refractivity contribution in [2.75, 3.05) is 26.3 Å². The number of carbonyl (C=O) groups is 3. The molecule has 0 radical (unpaired) electrons. The maximum Gasteiger partial charge on any atom is 0.325 e. The van der Waals surface area contributed by atoms with Crippen molar-refractivity contribution in [2.45, 2.75) is 13.3 Å². The Morgan fingerprint density at radius 3 is 2.31 bits per heavy atom. The Balaban J connectivity index is 1.62. The van der Waals surface area contributed by atoms with Crippen molar-refractivity contribution in [1.29, 1.82) is 0 Å². The van der Waals surface area contributed by atoms with Crippen LogP contribution in [0.1, 0.15) is 22.8 Å². The Morgan fingerprint density at radius 1 is 0.966 bits per heavy atom. The van der Waals surface area contributed by atoms with E-state index >= 15 is 0 Å². The quantitative estimate of drug-likeness (QED) is 0.592. The zero-order valence-corrected chi connectivity index (χ0v) is 16.1. The highest BCUT2D eigenvalue weighted by atomic mass is 19.1. The average Bonchev–Trinajstić information content (AvgIpc) is 2.72. The molecule has 2 amide bonds. The topological polar surface area (TPSA) is 93.7 Å². The van der Waals surface area contributed by atoms with E-state index in [0.717, 1.165) is 5.56 Å². The maximum absolute atomic E-state index is 12.8. The summed E-state index contributed by atoms with van der Waals surface area (Å²) in [6.45, 7) is 1.92. The van der Waals surface area contributed by atoms with Gasteiger partial charge >= 0.3 is 5.97 Å². The van der Waals surface area contributed by atoms with Gasteiger partial charge in [-0.25, -0.2) is 4.39 Å². The second kappa shape index (κ2) is 11.4. The van der Waals surface area contributed by atoms with E-state index in [1.54, 1.807) is 36.4 Å². The third kappa shape index (κ3) is 8.00. The summed E-state index contributed by atoms with van der Waals surface area (Å²) in [5.74, 6) is -1.29. The van der Waals surface area contributed by atoms with Crippen molar-refractivity contribution in [3.8, 4) is 5.75 Å². The number of carbonyl (C=O) groups excluding carboxylic acids is 3. The fourth-order valence-electron chi connectivity index (χ4n) is 2.37. The second-order valence-electron chi connectivity index (χ2n) is 6.03. The fourth-order valence-corrected chi connectivity index (χ4v) is 2.37. The van der Waals surface area contributed by atoms with Crippen LogP contribution in [0.15, 0.2) is 48.5 Å². The minimum Gasteiger partial charge on any atom is -0.494 e. The van der Waals surface area contributed by atoms with Gasteiger partial charge in [0.15, 0.2) is 6.61 Å². The van der Waals surface area contributed by atoms with Crippen molar-refractivity contribution in [3.63, 3.8) is 0 Å². The molecule has 0 aliphatic heterocycles. The number of benzene rings is 2. The molecule has 0 spiro atoms. The summed E-state index contributed by atoms with van der Waals surface area (Å²) in [4.78, 5) is 35.4. The van der Waals surface area contributed by atoms with Gasteiger partial charge in [0.1, 0.15) is 18.1 Å². The predicted octanol–water partition coefficient (Wildman–Crippen LogP) is 1.86. The Morgan fingerprint density at radius 2 is 1.66 bits per heavy atom. The smallest absolute Gasteiger partial charge is 0.325 e. The van der Waals surface area contributed by atoms with E-state index in [9.17, 15) is 18.8 Å². The van der Waals surface area contributed by atoms with Crippen LogP contribution in [-0.4, -0.2) is 44.1 Å². The van der Waals surface area contributed by atoms with Crippen molar-refractivity contribution < 1.29 is 28.2 Å². The first-order valence-electron chi connectivity index (χ1n) is 9.15. The maximum atomic E-state index is 12.8. The van der Waals surface area contributed by atoms with E-state index in [0.29, 0.717) is 30.9 Å². The number of hydrogen-bond donors (Lipinski definition) is 2. The molecule has 0 aromatic heterocycles. The number of halogens is 1. The minimum absolute atomic E-state index is 0.320. The van der Waals surface area contributed by atoms with Crippen molar-refractivity contribution in [3.05, 3.63) is 65.5 Å². The lowest BCUT2D eigenvalue weighted by Crippen LogP contribution is -2.34. The van der Waals surface area contributed by atoms with Gasteiger partial charge in [0.2, 0.25) is 0 Å². The molecule has 0 fully saturated rings. The number of hydrogen-bond acceptors (Lipinski definition) is 5. The number of amides is 2. The van der Waals surface area contributed by atoms with Crippen LogP contribution in [0.5, 0.6) is 5.75 Å². The molecular weight excluding hydrogens is 379 g/mol. The summed E-state index contributed by atoms with van der Waals surface area (Å²) < 4.78 is 22.9. The summed E-state index contributed by atoms with van der Waals surface area (Å²) in [6, 6.07) is 12.4. The van der Waals surface area contributed by atoms with Crippen molar-refractivity contribution >= 4 is 17.8 Å². The highest BCUT2D eigenvalue weighted by Gasteiger charge is 2.11. The van der Waals surface area contributed by atoms with Crippen molar-refractivity contribution in [1.82, 2.24) is 10.6 Å². The molecule has 0 bridgehead atoms. The Labute approximate surface area is 168 Å². The van der Waals surface area contributed by atoms with Gasteiger partial charge in [-0.1, -0.05) is 12.1 Å². The Bertz CT molecular complexity index is 822. The molecule has 0 aliphatic carbocycles. The van der Waals surface area contributed by atoms with E-state index in [1.807, 2.05) is 6.92 Å². The van der Waals surface area contributed by atoms with Crippen molar-refractivity contribution in [2.24, 2.45) is 0 Å². The standard InChI is InChI=1S/C21H23FN2O5/c1-2-28-18-9-5-16(6-10-18)21(27)24-13-20(26)29-14-19(25)23-12-11-15-3-7-17(22)8-4-15/h3-10H,2,11-14H2,1H3,(H,23,25)(H,24,27). The van der Waals surface area contributed by atoms with E-state index in [4.69, 9.17) is 9.47 Å². The largest absolute Gasteiger partial charge is 0.494 e. The second-order valence-corrected chi connectivity index (χ2v) is 6.03. The molecule has 0 saturated carbocycles. The normalized spacial score (nSPS) is 10.1. The number of rotatable bonds is 10. The molecule has 2 rings (SSSR count). The predicted molar refractivity (Wildman–Crippen MR) is 104 cm³/mol. The van der Waals surface area contributed by atoms with Crippen LogP contribution < -0.4 is 15.4 Å². The van der Waals surface area contributed by atoms with E-state index < -0.39 is 24.4 Å². The molecule has 0 unspecified atom stereocenters. The van der Waals surface area contributed by atoms with Gasteiger partial charge in [-0.2, -0.15) is 0 Å². The average molecular weight is 402 g/mol. The Hall–Kier alpha value is -3.42.